The van der Waals surface area contributed by atoms with Crippen molar-refractivity contribution < 1.29 is 28.4 Å². The molecule has 0 heterocycles. The summed E-state index contributed by atoms with van der Waals surface area (Å²) in [5, 5.41) is 0. The van der Waals surface area contributed by atoms with Crippen LogP contribution in [0, 0.1) is 6.61 Å². The van der Waals surface area contributed by atoms with Crippen LogP contribution in [0.1, 0.15) is 98.3 Å². The van der Waals surface area contributed by atoms with Crippen LogP contribution < -0.4 is 18.9 Å². The fourth-order valence-corrected chi connectivity index (χ4v) is 3.26. The molecular formula is C25H33LiO2. The number of carbonyl (C=O) groups excluding carboxylic acids is 1. The van der Waals surface area contributed by atoms with Crippen molar-refractivity contribution in [3.63, 3.8) is 0 Å². The zero-order valence-electron chi connectivity index (χ0n) is 18.6. The largest absolute Gasteiger partial charge is 1.00 e. The number of ether oxygens (including phenoxy) is 1. The summed E-state index contributed by atoms with van der Waals surface area (Å²) in [6, 6.07) is 14.6. The monoisotopic (exact) mass is 372 g/mol. The van der Waals surface area contributed by atoms with E-state index < -0.39 is 0 Å². The quantitative estimate of drug-likeness (QED) is 0.303. The smallest absolute Gasteiger partial charge is 0.633 e. The first-order chi connectivity index (χ1) is 12.8. The molecule has 0 bridgehead atoms. The topological polar surface area (TPSA) is 26.3 Å². The first kappa shape index (κ1) is 24.5. The van der Waals surface area contributed by atoms with E-state index in [-0.39, 0.29) is 36.7 Å². The fraction of sp³-hybridized carbons (Fsp3) is 0.440. The molecule has 0 N–H and O–H groups in total. The van der Waals surface area contributed by atoms with E-state index in [0.717, 1.165) is 23.1 Å². The van der Waals surface area contributed by atoms with Gasteiger partial charge in [-0.25, -0.2) is 4.79 Å². The molecule has 0 aliphatic carbocycles. The summed E-state index contributed by atoms with van der Waals surface area (Å²) in [7, 11) is 0. The van der Waals surface area contributed by atoms with Crippen molar-refractivity contribution in [1.82, 2.24) is 0 Å². The molecule has 0 radical (unpaired) electrons. The predicted octanol–water partition coefficient (Wildman–Crippen LogP) is 4.01. The Kier molecular flexibility index (Phi) is 10.1. The van der Waals surface area contributed by atoms with Crippen molar-refractivity contribution in [3.05, 3.63) is 76.9 Å². The number of benzene rings is 2. The minimum Gasteiger partial charge on any atom is -0.633 e. The number of hydrogen-bond acceptors (Lipinski definition) is 2. The molecule has 0 aromatic heterocycles. The van der Waals surface area contributed by atoms with Crippen molar-refractivity contribution >= 4 is 5.97 Å². The van der Waals surface area contributed by atoms with Gasteiger partial charge in [0.25, 0.3) is 0 Å². The Morgan fingerprint density at radius 1 is 0.893 bits per heavy atom. The van der Waals surface area contributed by atoms with E-state index in [1.165, 1.54) is 11.1 Å². The molecule has 146 valence electrons. The molecule has 2 aromatic carbocycles. The molecule has 0 aliphatic heterocycles. The van der Waals surface area contributed by atoms with Crippen LogP contribution in [0.2, 0.25) is 0 Å². The maximum absolute atomic E-state index is 12.9. The molecule has 0 saturated carbocycles. The molecule has 0 atom stereocenters. The van der Waals surface area contributed by atoms with Crippen LogP contribution in [0.5, 0.6) is 0 Å². The number of carbonyl (C=O) groups is 1. The SMILES string of the molecule is CC(C)c1cc(C(C)C)c(C(=O)O[CH-]CCc2ccccc2)c(C(C)C)c1.[Li+]. The van der Waals surface area contributed by atoms with Crippen LogP contribution in [0.25, 0.3) is 0 Å². The standard InChI is InChI=1S/C25H33O2.Li/c1-17(2)21-15-22(18(3)4)24(23(16-21)19(5)6)25(26)27-14-10-13-20-11-8-7-9-12-20;/h7-9,11-12,14-19H,10,13H2,1-6H3;/q-1;+1. The number of aryl methyl sites for hydroxylation is 1. The molecule has 2 nitrogen and oxygen atoms in total. The van der Waals surface area contributed by atoms with Gasteiger partial charge in [0.15, 0.2) is 0 Å². The molecule has 2 rings (SSSR count). The van der Waals surface area contributed by atoms with E-state index in [0.29, 0.717) is 12.3 Å². The van der Waals surface area contributed by atoms with Gasteiger partial charge in [0.1, 0.15) is 0 Å². The van der Waals surface area contributed by atoms with Gasteiger partial charge in [0, 0.05) is 0 Å². The first-order valence-electron chi connectivity index (χ1n) is 10.1. The average Bonchev–Trinajstić information content (AvgIpc) is 2.64. The third-order valence-electron chi connectivity index (χ3n) is 4.92. The third-order valence-corrected chi connectivity index (χ3v) is 4.92. The van der Waals surface area contributed by atoms with Crippen molar-refractivity contribution in [1.29, 1.82) is 0 Å². The number of rotatable bonds is 8. The third kappa shape index (κ3) is 6.54. The van der Waals surface area contributed by atoms with Crippen LogP contribution in [-0.2, 0) is 11.2 Å². The molecular weight excluding hydrogens is 339 g/mol. The molecule has 0 spiro atoms. The summed E-state index contributed by atoms with van der Waals surface area (Å²) in [6.45, 7) is 14.6. The summed E-state index contributed by atoms with van der Waals surface area (Å²) in [4.78, 5) is 12.9. The maximum atomic E-state index is 12.9. The van der Waals surface area contributed by atoms with Crippen LogP contribution in [0.15, 0.2) is 42.5 Å². The van der Waals surface area contributed by atoms with E-state index in [2.05, 4.69) is 65.8 Å². The zero-order chi connectivity index (χ0) is 20.0. The molecule has 0 amide bonds. The number of hydrogen-bond donors (Lipinski definition) is 0. The molecule has 0 unspecified atom stereocenters. The van der Waals surface area contributed by atoms with Crippen molar-refractivity contribution in [2.24, 2.45) is 0 Å². The Labute approximate surface area is 183 Å². The second-order valence-electron chi connectivity index (χ2n) is 8.13. The van der Waals surface area contributed by atoms with E-state index in [1.807, 2.05) is 18.2 Å². The van der Waals surface area contributed by atoms with E-state index in [4.69, 9.17) is 4.74 Å². The first-order valence-corrected chi connectivity index (χ1v) is 10.1. The second kappa shape index (κ2) is 11.5. The molecule has 0 aliphatic rings. The molecule has 2 aromatic rings. The Balaban J connectivity index is 0.00000392. The van der Waals surface area contributed by atoms with Gasteiger partial charge in [-0.3, -0.25) is 0 Å². The van der Waals surface area contributed by atoms with Crippen molar-refractivity contribution in [2.45, 2.75) is 72.1 Å². The van der Waals surface area contributed by atoms with Crippen molar-refractivity contribution in [2.75, 3.05) is 0 Å². The number of esters is 1. The predicted molar refractivity (Wildman–Crippen MR) is 113 cm³/mol. The van der Waals surface area contributed by atoms with Crippen LogP contribution in [0.3, 0.4) is 0 Å². The second-order valence-corrected chi connectivity index (χ2v) is 8.13. The Hall–Kier alpha value is -1.49. The minimum absolute atomic E-state index is 0. The molecule has 28 heavy (non-hydrogen) atoms. The fourth-order valence-electron chi connectivity index (χ4n) is 3.26. The summed E-state index contributed by atoms with van der Waals surface area (Å²) in [5.41, 5.74) is 5.46. The summed E-state index contributed by atoms with van der Waals surface area (Å²) >= 11 is 0. The molecule has 0 saturated heterocycles. The Morgan fingerprint density at radius 3 is 1.89 bits per heavy atom. The van der Waals surface area contributed by atoms with Gasteiger partial charge in [0.05, 0.1) is 5.56 Å². The van der Waals surface area contributed by atoms with Gasteiger partial charge in [-0.1, -0.05) is 96.0 Å². The summed E-state index contributed by atoms with van der Waals surface area (Å²) in [6.07, 6.45) is 1.59. The van der Waals surface area contributed by atoms with Crippen LogP contribution >= 0.6 is 0 Å². The normalized spacial score (nSPS) is 11.0. The summed E-state index contributed by atoms with van der Waals surface area (Å²) in [5.74, 6) is 0.745. The molecule has 3 heteroatoms. The van der Waals surface area contributed by atoms with Gasteiger partial charge in [0.2, 0.25) is 0 Å². The Morgan fingerprint density at radius 2 is 1.43 bits per heavy atom. The Bertz CT molecular complexity index is 719. The van der Waals surface area contributed by atoms with Crippen molar-refractivity contribution in [3.8, 4) is 0 Å². The summed E-state index contributed by atoms with van der Waals surface area (Å²) < 4.78 is 5.57. The average molecular weight is 372 g/mol. The molecule has 0 fully saturated rings. The van der Waals surface area contributed by atoms with Gasteiger partial charge in [-0.2, -0.15) is 6.61 Å². The van der Waals surface area contributed by atoms with E-state index >= 15 is 0 Å². The maximum Gasteiger partial charge on any atom is 1.00 e. The van der Waals surface area contributed by atoms with Crippen LogP contribution in [0.4, 0.5) is 0 Å². The minimum atomic E-state index is -0.231. The van der Waals surface area contributed by atoms with E-state index in [1.54, 1.807) is 6.61 Å². The van der Waals surface area contributed by atoms with Crippen LogP contribution in [-0.4, -0.2) is 5.97 Å². The zero-order valence-corrected chi connectivity index (χ0v) is 18.6. The van der Waals surface area contributed by atoms with Gasteiger partial charge in [-0.05, 0) is 34.4 Å². The van der Waals surface area contributed by atoms with Gasteiger partial charge >= 0.3 is 24.8 Å². The van der Waals surface area contributed by atoms with E-state index in [9.17, 15) is 4.79 Å². The van der Waals surface area contributed by atoms with Gasteiger partial charge < -0.3 is 4.74 Å². The van der Waals surface area contributed by atoms with Gasteiger partial charge in [-0.15, -0.1) is 6.42 Å².